The van der Waals surface area contributed by atoms with Crippen molar-refractivity contribution in [2.45, 2.75) is 364 Å². The number of hydrogen-bond acceptors (Lipinski definition) is 20. The monoisotopic (exact) mass is 1670 g/mol. The Hall–Kier alpha value is -7.56. The van der Waals surface area contributed by atoms with Gasteiger partial charge in [0, 0.05) is 92.5 Å². The molecule has 118 heavy (non-hydrogen) atoms. The number of nitrogens with zero attached hydrogens (tertiary/aromatic N) is 6. The molecule has 0 radical (unpaired) electrons. The second-order valence-corrected chi connectivity index (χ2v) is 38.3. The van der Waals surface area contributed by atoms with E-state index in [4.69, 9.17) is 49.9 Å². The number of ether oxygens (including phenoxy) is 7. The number of benzene rings is 3. The number of fused-ring (bicyclic) bond motifs is 12. The van der Waals surface area contributed by atoms with Gasteiger partial charge in [0.2, 0.25) is 0 Å². The number of alkyl halides is 1. The first-order chi connectivity index (χ1) is 54.8. The second kappa shape index (κ2) is 41.3. The minimum atomic E-state index is -0.800. The van der Waals surface area contributed by atoms with Crippen LogP contribution >= 0.6 is 11.6 Å². The van der Waals surface area contributed by atoms with Gasteiger partial charge in [-0.15, -0.1) is 18.2 Å². The van der Waals surface area contributed by atoms with Crippen LogP contribution in [0.4, 0.5) is 28.8 Å². The molecule has 0 aromatic heterocycles. The van der Waals surface area contributed by atoms with Crippen molar-refractivity contribution < 1.29 is 126 Å². The summed E-state index contributed by atoms with van der Waals surface area (Å²) in [6, 6.07) is 29.6. The number of esters is 1. The van der Waals surface area contributed by atoms with Crippen LogP contribution in [0.5, 0.6) is 0 Å². The van der Waals surface area contributed by atoms with Crippen molar-refractivity contribution in [3.8, 4) is 0 Å². The van der Waals surface area contributed by atoms with E-state index in [0.29, 0.717) is 50.0 Å². The van der Waals surface area contributed by atoms with E-state index in [-0.39, 0.29) is 170 Å². The maximum atomic E-state index is 12.5. The van der Waals surface area contributed by atoms with Gasteiger partial charge in [-0.05, 0) is 218 Å². The van der Waals surface area contributed by atoms with E-state index in [1.54, 1.807) is 24.5 Å². The van der Waals surface area contributed by atoms with Crippen molar-refractivity contribution in [2.24, 2.45) is 11.8 Å². The Morgan fingerprint density at radius 1 is 0.407 bits per heavy atom. The van der Waals surface area contributed by atoms with Gasteiger partial charge >= 0.3 is 78.1 Å². The van der Waals surface area contributed by atoms with Gasteiger partial charge in [-0.25, -0.2) is 28.8 Å². The number of piperidine rings is 3. The molecule has 16 atom stereocenters. The van der Waals surface area contributed by atoms with Crippen LogP contribution in [0, 0.1) is 11.8 Å². The van der Waals surface area contributed by atoms with E-state index in [1.165, 1.54) is 12.8 Å². The summed E-state index contributed by atoms with van der Waals surface area (Å²) >= 11 is 6.07. The van der Waals surface area contributed by atoms with Crippen LogP contribution < -0.4 is 40.0 Å². The minimum Gasteiger partial charge on any atom is -0.851 e. The molecule has 15 rings (SSSR count). The van der Waals surface area contributed by atoms with Gasteiger partial charge < -0.3 is 68.3 Å². The molecule has 27 nitrogen and oxygen atoms in total. The average Bonchev–Trinajstić information content (AvgIpc) is 1.61. The molecule has 12 bridgehead atoms. The molecule has 3 aromatic rings. The van der Waals surface area contributed by atoms with Gasteiger partial charge in [0.05, 0.1) is 30.0 Å². The number of alkyl carbamates (subject to hydrolysis) is 1. The zero-order valence-corrected chi connectivity index (χ0v) is 75.2. The summed E-state index contributed by atoms with van der Waals surface area (Å²) in [5, 5.41) is 21.6. The van der Waals surface area contributed by atoms with Crippen LogP contribution in [0.2, 0.25) is 0 Å². The van der Waals surface area contributed by atoms with Gasteiger partial charge in [0.25, 0.3) is 0 Å². The Bertz CT molecular complexity index is 3890. The van der Waals surface area contributed by atoms with E-state index < -0.39 is 51.4 Å². The summed E-state index contributed by atoms with van der Waals surface area (Å²) in [4.78, 5) is 142. The summed E-state index contributed by atoms with van der Waals surface area (Å²) in [5.74, 6) is -0.844. The number of carboxylic acids is 1. The number of ketones is 3. The molecule has 12 aliphatic heterocycles. The van der Waals surface area contributed by atoms with Crippen molar-refractivity contribution in [1.29, 1.82) is 0 Å². The second-order valence-electron chi connectivity index (χ2n) is 37.8. The standard InChI is InChI=1S/C19H26N2O4.C19H25NO4.C12H18ClNO3.C12H19NO4.C12H19NO3.C8H13NO.C7H7O.Na/c1-19(2,3)25-18(23)21-14-9-10-16(21)15(11-14)20-17(22)24-12-13-7-5-4-6-8-13;1-19(2,3)24-18(22)20-14-9-10-16(20)15(11-14)17(21)23-12-13-7-5-4-6-8-13;1-12(2,3)17-11(16)14-7-4-5-8(14)10(13)9(15)6-7;1-12(2,3)17-11(16)13-7-4-5-9(13)8(6-7)10(14)15;1-12(2,3)16-11(15)13-8-4-5-9(13)7-10(14)6-8;1-9-6-2-3-7(9)5-8(10)4-6;8-6-7-4-2-1-3-5-7;/h4-8,14-16H,9-12H2,1-3H3,(H,20,22);4-8,14-16H,9-12H2,1-3H3;7-8,10H,4-6H2,1-3H3;7-9H,4-6H2,1-3H3,(H,14,15);8-9H,4-7H2,1-3H3;6-7H,2-5H2,1H3;1-5H,6H2;/q;;;;;;-1;+1. The van der Waals surface area contributed by atoms with Crippen molar-refractivity contribution in [2.75, 3.05) is 7.05 Å². The van der Waals surface area contributed by atoms with Crippen LogP contribution in [0.3, 0.4) is 0 Å². The van der Waals surface area contributed by atoms with Crippen LogP contribution in [-0.4, -0.2) is 219 Å². The van der Waals surface area contributed by atoms with Gasteiger partial charge in [0.15, 0.2) is 5.78 Å². The smallest absolute Gasteiger partial charge is 0.851 e. The van der Waals surface area contributed by atoms with E-state index >= 15 is 0 Å². The molecule has 0 spiro atoms. The first kappa shape index (κ1) is 95.9. The summed E-state index contributed by atoms with van der Waals surface area (Å²) in [5.41, 5.74) is 0.223. The zero-order chi connectivity index (χ0) is 85.8. The number of Topliss-reactive ketones (excluding diaryl/α,β-unsaturated/α-hetero) is 3. The third-order valence-corrected chi connectivity index (χ3v) is 23.6. The predicted molar refractivity (Wildman–Crippen MR) is 435 cm³/mol. The summed E-state index contributed by atoms with van der Waals surface area (Å²) < 4.78 is 37.8. The van der Waals surface area contributed by atoms with Crippen LogP contribution in [0.1, 0.15) is 249 Å². The number of aliphatic carboxylic acids is 1. The largest absolute Gasteiger partial charge is 1.00 e. The maximum Gasteiger partial charge on any atom is 1.00 e. The number of carbonyl (C=O) groups excluding carboxylic acids is 10. The van der Waals surface area contributed by atoms with E-state index in [9.17, 15) is 57.8 Å². The van der Waals surface area contributed by atoms with E-state index in [1.807, 2.05) is 195 Å². The molecule has 2 N–H and O–H groups in total. The SMILES string of the molecule is CC(C)(C)OC(=O)N1C2CCC1C(C(=O)O)C2.CC(C)(C)OC(=O)N1C2CCC1C(C(=O)OCc1ccccc1)C2.CC(C)(C)OC(=O)N1C2CCC1C(Cl)C(=O)C2.CC(C)(C)OC(=O)N1C2CCC1C(NC(=O)OCc1ccccc1)C2.CC(C)(C)OC(=O)N1C2CCC1CC(=O)C2.CN1C2CCC1CC(=O)C2.[Na+].[O-]Cc1ccccc1. The van der Waals surface area contributed by atoms with Crippen LogP contribution in [-0.2, 0) is 77.0 Å². The molecule has 29 heteroatoms. The van der Waals surface area contributed by atoms with Gasteiger partial charge in [0.1, 0.15) is 58.2 Å². The number of carboxylic acid groups (broad SMARTS) is 1. The number of carbonyl (C=O) groups is 11. The predicted octanol–water partition coefficient (Wildman–Crippen LogP) is 11.6. The molecule has 0 aliphatic carbocycles. The average molecular weight is 1670 g/mol. The van der Waals surface area contributed by atoms with Gasteiger partial charge in [-0.1, -0.05) is 96.6 Å². The molecule has 3 aromatic carbocycles. The van der Waals surface area contributed by atoms with Crippen molar-refractivity contribution >= 4 is 77.4 Å². The molecule has 12 heterocycles. The topological polar surface area (TPSA) is 327 Å². The Morgan fingerprint density at radius 3 is 1.12 bits per heavy atom. The minimum absolute atomic E-state index is 0. The molecule has 12 fully saturated rings. The Labute approximate surface area is 723 Å². The summed E-state index contributed by atoms with van der Waals surface area (Å²) in [6.07, 6.45) is 14.3. The number of rotatable bonds is 8. The van der Waals surface area contributed by atoms with Crippen molar-refractivity contribution in [3.05, 3.63) is 108 Å². The van der Waals surface area contributed by atoms with Crippen LogP contribution in [0.15, 0.2) is 91.0 Å². The first-order valence-corrected chi connectivity index (χ1v) is 42.3. The molecular weight excluding hydrogens is 1550 g/mol. The third-order valence-electron chi connectivity index (χ3n) is 23.1. The zero-order valence-electron chi connectivity index (χ0n) is 72.4. The molecule has 12 aliphatic rings. The van der Waals surface area contributed by atoms with E-state index in [2.05, 4.69) is 17.3 Å². The molecule has 646 valence electrons. The summed E-state index contributed by atoms with van der Waals surface area (Å²) in [7, 11) is 2.15. The fraction of sp³-hybridized carbons (Fsp3) is 0.674. The Kier molecular flexibility index (Phi) is 33.6. The van der Waals surface area contributed by atoms with Gasteiger partial charge in [-0.2, -0.15) is 0 Å². The van der Waals surface area contributed by atoms with Crippen molar-refractivity contribution in [1.82, 2.24) is 34.7 Å². The fourth-order valence-corrected chi connectivity index (χ4v) is 18.4. The normalized spacial score (nSPS) is 27.8. The molecule has 16 unspecified atom stereocenters. The number of amides is 6. The molecular formula is C89H127ClN7NaO20. The van der Waals surface area contributed by atoms with Crippen LogP contribution in [0.25, 0.3) is 0 Å². The number of nitrogens with one attached hydrogen (secondary N) is 1. The number of hydrogen-bond donors (Lipinski definition) is 2. The molecule has 6 amide bonds. The molecule has 12 saturated heterocycles. The van der Waals surface area contributed by atoms with Gasteiger partial charge in [-0.3, -0.25) is 33.8 Å². The molecule has 0 saturated carbocycles. The van der Waals surface area contributed by atoms with Crippen molar-refractivity contribution in [3.63, 3.8) is 0 Å². The first-order valence-electron chi connectivity index (χ1n) is 41.9. The number of halogens is 1. The Morgan fingerprint density at radius 2 is 0.720 bits per heavy atom. The Balaban J connectivity index is 0.000000176. The van der Waals surface area contributed by atoms with E-state index in [0.717, 1.165) is 100 Å². The maximum absolute atomic E-state index is 12.5. The third kappa shape index (κ3) is 27.0. The summed E-state index contributed by atoms with van der Waals surface area (Å²) in [6.45, 7) is 28.1. The fourth-order valence-electron chi connectivity index (χ4n) is 18.1. The quantitative estimate of drug-likeness (QED) is 0.0915.